The van der Waals surface area contributed by atoms with E-state index in [1.165, 1.54) is 17.4 Å². The summed E-state index contributed by atoms with van der Waals surface area (Å²) in [5.41, 5.74) is 1.90. The van der Waals surface area contributed by atoms with E-state index < -0.39 is 0 Å². The molecule has 0 aliphatic heterocycles. The van der Waals surface area contributed by atoms with Gasteiger partial charge in [0.05, 0.1) is 5.56 Å². The first-order chi connectivity index (χ1) is 10.4. The van der Waals surface area contributed by atoms with Gasteiger partial charge in [-0.3, -0.25) is 9.59 Å². The first kappa shape index (κ1) is 17.0. The molecule has 2 rings (SSSR count). The number of hydrogen-bond acceptors (Lipinski definition) is 3. The van der Waals surface area contributed by atoms with E-state index >= 15 is 0 Å². The minimum absolute atomic E-state index is 0.0456. The van der Waals surface area contributed by atoms with Gasteiger partial charge in [-0.05, 0) is 37.2 Å². The Kier molecular flexibility index (Phi) is 5.62. The fraction of sp³-hybridized carbons (Fsp3) is 0.647. The lowest BCUT2D eigenvalue weighted by atomic mass is 9.88. The standard InChI is InChI=1S/C17H26N2O2S/c1-5-6-9-19(4)17(21)15-13-8-7-11(2)10-14(13)22-16(15)18-12(3)20/h11H,5-10H2,1-4H3,(H,18,20). The van der Waals surface area contributed by atoms with Crippen molar-refractivity contribution in [1.29, 1.82) is 0 Å². The Morgan fingerprint density at radius 3 is 2.77 bits per heavy atom. The van der Waals surface area contributed by atoms with Gasteiger partial charge in [0, 0.05) is 25.4 Å². The summed E-state index contributed by atoms with van der Waals surface area (Å²) in [6, 6.07) is 0. The number of thiophene rings is 1. The number of amides is 2. The van der Waals surface area contributed by atoms with Gasteiger partial charge in [0.25, 0.3) is 5.91 Å². The molecule has 4 nitrogen and oxygen atoms in total. The molecule has 2 amide bonds. The molecule has 0 fully saturated rings. The topological polar surface area (TPSA) is 49.4 Å². The molecule has 0 radical (unpaired) electrons. The van der Waals surface area contributed by atoms with Crippen molar-refractivity contribution in [3.05, 3.63) is 16.0 Å². The minimum Gasteiger partial charge on any atom is -0.342 e. The smallest absolute Gasteiger partial charge is 0.256 e. The van der Waals surface area contributed by atoms with Gasteiger partial charge in [-0.1, -0.05) is 20.3 Å². The molecule has 1 aromatic heterocycles. The Labute approximate surface area is 136 Å². The van der Waals surface area contributed by atoms with Crippen LogP contribution in [0.3, 0.4) is 0 Å². The molecule has 22 heavy (non-hydrogen) atoms. The third-order valence-electron chi connectivity index (χ3n) is 4.21. The predicted molar refractivity (Wildman–Crippen MR) is 91.7 cm³/mol. The molecule has 0 bridgehead atoms. The van der Waals surface area contributed by atoms with Crippen LogP contribution in [0.2, 0.25) is 0 Å². The number of rotatable bonds is 5. The zero-order valence-corrected chi connectivity index (χ0v) is 14.8. The fourth-order valence-corrected chi connectivity index (χ4v) is 4.36. The highest BCUT2D eigenvalue weighted by Crippen LogP contribution is 2.40. The van der Waals surface area contributed by atoms with Gasteiger partial charge in [0.2, 0.25) is 5.91 Å². The van der Waals surface area contributed by atoms with E-state index in [4.69, 9.17) is 0 Å². The van der Waals surface area contributed by atoms with E-state index in [1.807, 2.05) is 7.05 Å². The van der Waals surface area contributed by atoms with E-state index in [0.29, 0.717) is 5.92 Å². The number of fused-ring (bicyclic) bond motifs is 1. The molecule has 122 valence electrons. The van der Waals surface area contributed by atoms with Crippen molar-refractivity contribution in [2.75, 3.05) is 18.9 Å². The number of hydrogen-bond donors (Lipinski definition) is 1. The first-order valence-electron chi connectivity index (χ1n) is 8.11. The third-order valence-corrected chi connectivity index (χ3v) is 5.38. The van der Waals surface area contributed by atoms with Crippen LogP contribution in [0.5, 0.6) is 0 Å². The summed E-state index contributed by atoms with van der Waals surface area (Å²) in [5, 5.41) is 3.61. The number of nitrogens with zero attached hydrogens (tertiary/aromatic N) is 1. The SMILES string of the molecule is CCCCN(C)C(=O)c1c(NC(C)=O)sc2c1CCC(C)C2. The van der Waals surface area contributed by atoms with Crippen LogP contribution in [0.1, 0.15) is 60.8 Å². The monoisotopic (exact) mass is 322 g/mol. The molecule has 1 aromatic rings. The van der Waals surface area contributed by atoms with Crippen LogP contribution in [-0.2, 0) is 17.6 Å². The van der Waals surface area contributed by atoms with Gasteiger partial charge >= 0.3 is 0 Å². The summed E-state index contributed by atoms with van der Waals surface area (Å²) in [5.74, 6) is 0.582. The molecule has 0 saturated carbocycles. The summed E-state index contributed by atoms with van der Waals surface area (Å²) in [4.78, 5) is 27.4. The van der Waals surface area contributed by atoms with Crippen LogP contribution >= 0.6 is 11.3 Å². The summed E-state index contributed by atoms with van der Waals surface area (Å²) in [6.07, 6.45) is 5.13. The van der Waals surface area contributed by atoms with E-state index in [9.17, 15) is 9.59 Å². The first-order valence-corrected chi connectivity index (χ1v) is 8.93. The van der Waals surface area contributed by atoms with Crippen LogP contribution in [0.4, 0.5) is 5.00 Å². The van der Waals surface area contributed by atoms with Gasteiger partial charge in [-0.15, -0.1) is 11.3 Å². The van der Waals surface area contributed by atoms with Gasteiger partial charge in [-0.2, -0.15) is 0 Å². The summed E-state index contributed by atoms with van der Waals surface area (Å²) in [6.45, 7) is 6.62. The zero-order valence-electron chi connectivity index (χ0n) is 14.0. The molecule has 5 heteroatoms. The summed E-state index contributed by atoms with van der Waals surface area (Å²) in [7, 11) is 1.85. The van der Waals surface area contributed by atoms with Crippen LogP contribution in [-0.4, -0.2) is 30.3 Å². The molecule has 1 heterocycles. The molecule has 0 saturated heterocycles. The number of carbonyl (C=O) groups excluding carboxylic acids is 2. The van der Waals surface area contributed by atoms with Gasteiger partial charge in [-0.25, -0.2) is 0 Å². The molecule has 1 N–H and O–H groups in total. The largest absolute Gasteiger partial charge is 0.342 e. The Bertz CT molecular complexity index is 565. The lowest BCUT2D eigenvalue weighted by molar-refractivity contribution is -0.114. The van der Waals surface area contributed by atoms with E-state index in [0.717, 1.165) is 49.2 Å². The zero-order chi connectivity index (χ0) is 16.3. The molecule has 0 spiro atoms. The maximum atomic E-state index is 12.8. The normalized spacial score (nSPS) is 17.0. The number of anilines is 1. The molecular weight excluding hydrogens is 296 g/mol. The minimum atomic E-state index is -0.114. The second-order valence-electron chi connectivity index (χ2n) is 6.32. The lowest BCUT2D eigenvalue weighted by Crippen LogP contribution is -2.29. The van der Waals surface area contributed by atoms with Crippen molar-refractivity contribution in [3.63, 3.8) is 0 Å². The second kappa shape index (κ2) is 7.27. The second-order valence-corrected chi connectivity index (χ2v) is 7.42. The Hall–Kier alpha value is -1.36. The maximum Gasteiger partial charge on any atom is 0.256 e. The highest BCUT2D eigenvalue weighted by molar-refractivity contribution is 7.17. The Morgan fingerprint density at radius 1 is 1.41 bits per heavy atom. The van der Waals surface area contributed by atoms with Gasteiger partial charge in [0.15, 0.2) is 0 Å². The van der Waals surface area contributed by atoms with Gasteiger partial charge < -0.3 is 10.2 Å². The molecule has 1 aliphatic rings. The van der Waals surface area contributed by atoms with Crippen LogP contribution < -0.4 is 5.32 Å². The Balaban J connectivity index is 2.34. The predicted octanol–water partition coefficient (Wildman–Crippen LogP) is 3.70. The van der Waals surface area contributed by atoms with Crippen molar-refractivity contribution < 1.29 is 9.59 Å². The van der Waals surface area contributed by atoms with Gasteiger partial charge in [0.1, 0.15) is 5.00 Å². The number of nitrogens with one attached hydrogen (secondary N) is 1. The lowest BCUT2D eigenvalue weighted by Gasteiger charge is -2.21. The van der Waals surface area contributed by atoms with Crippen molar-refractivity contribution in [2.24, 2.45) is 5.92 Å². The van der Waals surface area contributed by atoms with Crippen LogP contribution in [0, 0.1) is 5.92 Å². The maximum absolute atomic E-state index is 12.8. The molecule has 1 unspecified atom stereocenters. The third kappa shape index (κ3) is 3.69. The molecule has 1 atom stereocenters. The van der Waals surface area contributed by atoms with Crippen molar-refractivity contribution in [3.8, 4) is 0 Å². The van der Waals surface area contributed by atoms with Crippen molar-refractivity contribution in [1.82, 2.24) is 4.90 Å². The summed E-state index contributed by atoms with van der Waals surface area (Å²) < 4.78 is 0. The highest BCUT2D eigenvalue weighted by atomic mass is 32.1. The molecule has 0 aromatic carbocycles. The average Bonchev–Trinajstić information content (AvgIpc) is 2.79. The van der Waals surface area contributed by atoms with Crippen LogP contribution in [0.25, 0.3) is 0 Å². The van der Waals surface area contributed by atoms with Crippen LogP contribution in [0.15, 0.2) is 0 Å². The quantitative estimate of drug-likeness (QED) is 0.898. The average molecular weight is 322 g/mol. The van der Waals surface area contributed by atoms with Crippen molar-refractivity contribution in [2.45, 2.75) is 52.9 Å². The van der Waals surface area contributed by atoms with E-state index in [-0.39, 0.29) is 11.8 Å². The number of carbonyl (C=O) groups is 2. The fourth-order valence-electron chi connectivity index (χ4n) is 2.91. The van der Waals surface area contributed by atoms with E-state index in [1.54, 1.807) is 16.2 Å². The van der Waals surface area contributed by atoms with Crippen molar-refractivity contribution >= 4 is 28.2 Å². The Morgan fingerprint density at radius 2 is 2.14 bits per heavy atom. The number of unbranched alkanes of at least 4 members (excludes halogenated alkanes) is 1. The molecule has 1 aliphatic carbocycles. The molecular formula is C17H26N2O2S. The highest BCUT2D eigenvalue weighted by Gasteiger charge is 2.29. The summed E-state index contributed by atoms with van der Waals surface area (Å²) >= 11 is 1.58. The van der Waals surface area contributed by atoms with E-state index in [2.05, 4.69) is 19.2 Å².